The van der Waals surface area contributed by atoms with Crippen LogP contribution in [0.3, 0.4) is 0 Å². The quantitative estimate of drug-likeness (QED) is 0.928. The number of nitrogens with zero attached hydrogens (tertiary/aromatic N) is 3. The Morgan fingerprint density at radius 2 is 1.96 bits per heavy atom. The summed E-state index contributed by atoms with van der Waals surface area (Å²) in [7, 11) is 0. The second-order valence-corrected chi connectivity index (χ2v) is 7.27. The van der Waals surface area contributed by atoms with Crippen molar-refractivity contribution in [2.75, 3.05) is 25.0 Å². The molecule has 0 bridgehead atoms. The maximum atomic E-state index is 12.6. The van der Waals surface area contributed by atoms with E-state index in [1.54, 1.807) is 6.92 Å². The maximum absolute atomic E-state index is 12.6. The summed E-state index contributed by atoms with van der Waals surface area (Å²) in [6.07, 6.45) is 0. The average Bonchev–Trinajstić information content (AvgIpc) is 2.89. The average molecular weight is 342 g/mol. The van der Waals surface area contributed by atoms with Crippen molar-refractivity contribution in [2.45, 2.75) is 39.8 Å². The van der Waals surface area contributed by atoms with Crippen molar-refractivity contribution in [3.05, 3.63) is 47.3 Å². The zero-order chi connectivity index (χ0) is 18.0. The summed E-state index contributed by atoms with van der Waals surface area (Å²) in [6, 6.07) is 10.4. The first-order valence-corrected chi connectivity index (χ1v) is 8.64. The van der Waals surface area contributed by atoms with Crippen LogP contribution in [0.1, 0.15) is 30.9 Å². The van der Waals surface area contributed by atoms with Crippen LogP contribution >= 0.6 is 0 Å². The lowest BCUT2D eigenvalue weighted by molar-refractivity contribution is 0.0325. The van der Waals surface area contributed by atoms with Gasteiger partial charge >= 0.3 is 6.03 Å². The first-order chi connectivity index (χ1) is 11.9. The van der Waals surface area contributed by atoms with Crippen molar-refractivity contribution >= 4 is 11.7 Å². The number of nitrogens with one attached hydrogen (secondary N) is 1. The summed E-state index contributed by atoms with van der Waals surface area (Å²) in [5, 5.41) is 6.83. The predicted octanol–water partition coefficient (Wildman–Crippen LogP) is 3.42. The molecule has 1 saturated heterocycles. The molecule has 1 aliphatic heterocycles. The van der Waals surface area contributed by atoms with Gasteiger partial charge in [-0.15, -0.1) is 0 Å². The Morgan fingerprint density at radius 1 is 1.24 bits per heavy atom. The molecule has 2 heterocycles. The number of amides is 2. The molecule has 0 aliphatic carbocycles. The molecule has 0 unspecified atom stereocenters. The SMILES string of the molecule is Cc1noc(C)c1NC(=O)N1CCN(Cc2ccccc2)C(C)(C)C1. The van der Waals surface area contributed by atoms with Gasteiger partial charge in [0.05, 0.1) is 0 Å². The molecule has 1 fully saturated rings. The van der Waals surface area contributed by atoms with Crippen molar-refractivity contribution < 1.29 is 9.32 Å². The van der Waals surface area contributed by atoms with E-state index in [4.69, 9.17) is 4.52 Å². The molecule has 0 atom stereocenters. The smallest absolute Gasteiger partial charge is 0.322 e. The number of anilines is 1. The largest absolute Gasteiger partial charge is 0.359 e. The van der Waals surface area contributed by atoms with Crippen molar-refractivity contribution in [3.8, 4) is 0 Å². The first-order valence-electron chi connectivity index (χ1n) is 8.64. The van der Waals surface area contributed by atoms with E-state index in [2.05, 4.69) is 53.5 Å². The zero-order valence-corrected chi connectivity index (χ0v) is 15.4. The van der Waals surface area contributed by atoms with E-state index in [-0.39, 0.29) is 11.6 Å². The Hall–Kier alpha value is -2.34. The molecule has 134 valence electrons. The minimum absolute atomic E-state index is 0.0931. The summed E-state index contributed by atoms with van der Waals surface area (Å²) in [4.78, 5) is 17.0. The van der Waals surface area contributed by atoms with Crippen LogP contribution in [-0.4, -0.2) is 46.2 Å². The highest BCUT2D eigenvalue weighted by Crippen LogP contribution is 2.25. The number of aryl methyl sites for hydroxylation is 2. The fourth-order valence-corrected chi connectivity index (χ4v) is 3.31. The van der Waals surface area contributed by atoms with Crippen LogP contribution in [0.25, 0.3) is 0 Å². The number of urea groups is 1. The monoisotopic (exact) mass is 342 g/mol. The van der Waals surface area contributed by atoms with Gasteiger partial charge < -0.3 is 14.7 Å². The number of benzene rings is 1. The van der Waals surface area contributed by atoms with Gasteiger partial charge in [-0.3, -0.25) is 4.90 Å². The minimum atomic E-state index is -0.0955. The molecule has 6 heteroatoms. The summed E-state index contributed by atoms with van der Waals surface area (Å²) >= 11 is 0. The predicted molar refractivity (Wildman–Crippen MR) is 97.5 cm³/mol. The highest BCUT2D eigenvalue weighted by molar-refractivity contribution is 5.90. The zero-order valence-electron chi connectivity index (χ0n) is 15.4. The van der Waals surface area contributed by atoms with Gasteiger partial charge in [-0.2, -0.15) is 0 Å². The number of carbonyl (C=O) groups excluding carboxylic acids is 1. The Labute approximate surface area is 148 Å². The number of hydrogen-bond acceptors (Lipinski definition) is 4. The van der Waals surface area contributed by atoms with E-state index in [1.807, 2.05) is 17.9 Å². The number of piperazine rings is 1. The van der Waals surface area contributed by atoms with E-state index >= 15 is 0 Å². The Kier molecular flexibility index (Phi) is 4.81. The second-order valence-electron chi connectivity index (χ2n) is 7.27. The molecule has 25 heavy (non-hydrogen) atoms. The van der Waals surface area contributed by atoms with Gasteiger partial charge in [-0.1, -0.05) is 35.5 Å². The molecule has 1 aromatic carbocycles. The van der Waals surface area contributed by atoms with Gasteiger partial charge in [-0.25, -0.2) is 4.79 Å². The lowest BCUT2D eigenvalue weighted by atomic mass is 9.98. The van der Waals surface area contributed by atoms with Crippen LogP contribution < -0.4 is 5.32 Å². The van der Waals surface area contributed by atoms with Crippen LogP contribution in [0.15, 0.2) is 34.9 Å². The lowest BCUT2D eigenvalue weighted by Gasteiger charge is -2.47. The minimum Gasteiger partial charge on any atom is -0.359 e. The topological polar surface area (TPSA) is 61.6 Å². The van der Waals surface area contributed by atoms with E-state index in [1.165, 1.54) is 5.56 Å². The third-order valence-corrected chi connectivity index (χ3v) is 4.84. The highest BCUT2D eigenvalue weighted by Gasteiger charge is 2.35. The lowest BCUT2D eigenvalue weighted by Crippen LogP contribution is -2.60. The molecule has 3 rings (SSSR count). The Morgan fingerprint density at radius 3 is 2.56 bits per heavy atom. The summed E-state index contributed by atoms with van der Waals surface area (Å²) in [5.41, 5.74) is 2.58. The van der Waals surface area contributed by atoms with Crippen molar-refractivity contribution in [2.24, 2.45) is 0 Å². The fourth-order valence-electron chi connectivity index (χ4n) is 3.31. The van der Waals surface area contributed by atoms with Gasteiger partial charge in [0.15, 0.2) is 5.76 Å². The molecular weight excluding hydrogens is 316 g/mol. The summed E-state index contributed by atoms with van der Waals surface area (Å²) < 4.78 is 5.12. The maximum Gasteiger partial charge on any atom is 0.322 e. The normalized spacial score (nSPS) is 17.5. The van der Waals surface area contributed by atoms with Crippen LogP contribution in [0, 0.1) is 13.8 Å². The fraction of sp³-hybridized carbons (Fsp3) is 0.474. The summed E-state index contributed by atoms with van der Waals surface area (Å²) in [5.74, 6) is 0.632. The van der Waals surface area contributed by atoms with E-state index < -0.39 is 0 Å². The van der Waals surface area contributed by atoms with Crippen molar-refractivity contribution in [1.82, 2.24) is 15.0 Å². The second kappa shape index (κ2) is 6.88. The van der Waals surface area contributed by atoms with Crippen LogP contribution in [-0.2, 0) is 6.54 Å². The highest BCUT2D eigenvalue weighted by atomic mass is 16.5. The molecule has 0 saturated carbocycles. The first kappa shape index (κ1) is 17.5. The third kappa shape index (κ3) is 3.85. The number of aromatic nitrogens is 1. The van der Waals surface area contributed by atoms with Crippen LogP contribution in [0.4, 0.5) is 10.5 Å². The van der Waals surface area contributed by atoms with Gasteiger partial charge in [0.25, 0.3) is 0 Å². The molecule has 1 aromatic heterocycles. The van der Waals surface area contributed by atoms with Gasteiger partial charge in [0.1, 0.15) is 11.4 Å². The molecule has 0 spiro atoms. The van der Waals surface area contributed by atoms with E-state index in [9.17, 15) is 4.79 Å². The Balaban J connectivity index is 1.64. The van der Waals surface area contributed by atoms with Crippen LogP contribution in [0.5, 0.6) is 0 Å². The Bertz CT molecular complexity index is 720. The van der Waals surface area contributed by atoms with Gasteiger partial charge in [0.2, 0.25) is 0 Å². The molecule has 2 aromatic rings. The molecule has 6 nitrogen and oxygen atoms in total. The van der Waals surface area contributed by atoms with E-state index in [0.29, 0.717) is 30.2 Å². The molecule has 1 aliphatic rings. The van der Waals surface area contributed by atoms with E-state index in [0.717, 1.165) is 13.1 Å². The summed E-state index contributed by atoms with van der Waals surface area (Å²) in [6.45, 7) is 11.1. The molecule has 0 radical (unpaired) electrons. The van der Waals surface area contributed by atoms with Gasteiger partial charge in [0, 0.05) is 31.7 Å². The molecule has 1 N–H and O–H groups in total. The van der Waals surface area contributed by atoms with Crippen molar-refractivity contribution in [1.29, 1.82) is 0 Å². The standard InChI is InChI=1S/C19H26N4O2/c1-14-17(15(2)25-21-14)20-18(24)22-10-11-23(19(3,4)13-22)12-16-8-6-5-7-9-16/h5-9H,10-13H2,1-4H3,(H,20,24). The van der Waals surface area contributed by atoms with Crippen molar-refractivity contribution in [3.63, 3.8) is 0 Å². The van der Waals surface area contributed by atoms with Gasteiger partial charge in [-0.05, 0) is 33.3 Å². The number of carbonyl (C=O) groups is 1. The molecule has 2 amide bonds. The third-order valence-electron chi connectivity index (χ3n) is 4.84. The molecular formula is C19H26N4O2. The number of hydrogen-bond donors (Lipinski definition) is 1. The van der Waals surface area contributed by atoms with Crippen LogP contribution in [0.2, 0.25) is 0 Å². The number of rotatable bonds is 3.